The topological polar surface area (TPSA) is 107 Å². The summed E-state index contributed by atoms with van der Waals surface area (Å²) >= 11 is 6.35. The first-order chi connectivity index (χ1) is 13.0. The predicted octanol–water partition coefficient (Wildman–Crippen LogP) is 1.93. The molecule has 1 N–H and O–H groups in total. The van der Waals surface area contributed by atoms with Crippen LogP contribution in [0.3, 0.4) is 0 Å². The quantitative estimate of drug-likeness (QED) is 0.676. The number of ketones is 1. The Kier molecular flexibility index (Phi) is 6.51. The number of benzene rings is 1. The Balaban J connectivity index is 2.56. The Labute approximate surface area is 168 Å². The minimum absolute atomic E-state index is 0.0533. The number of likely N-dealkylation sites (N-methyl/N-ethyl adjacent to an activating group) is 1. The Morgan fingerprint density at radius 3 is 2.46 bits per heavy atom. The molecule has 1 heterocycles. The van der Waals surface area contributed by atoms with Gasteiger partial charge in [-0.1, -0.05) is 11.6 Å². The summed E-state index contributed by atoms with van der Waals surface area (Å²) in [6.07, 6.45) is 2.44. The molecule has 10 heteroatoms. The van der Waals surface area contributed by atoms with Gasteiger partial charge in [-0.3, -0.25) is 9.59 Å². The number of ether oxygens (including phenoxy) is 1. The molecule has 0 aliphatic carbocycles. The molecule has 0 radical (unpaired) electrons. The monoisotopic (exact) mass is 427 g/mol. The molecular formula is C18H22ClN3O5S. The van der Waals surface area contributed by atoms with Crippen LogP contribution < -0.4 is 10.1 Å². The van der Waals surface area contributed by atoms with E-state index in [0.717, 1.165) is 6.26 Å². The van der Waals surface area contributed by atoms with Gasteiger partial charge in [-0.15, -0.1) is 0 Å². The highest BCUT2D eigenvalue weighted by atomic mass is 35.5. The van der Waals surface area contributed by atoms with Gasteiger partial charge < -0.3 is 10.1 Å². The van der Waals surface area contributed by atoms with Crippen molar-refractivity contribution in [1.82, 2.24) is 15.1 Å². The molecule has 1 aromatic heterocycles. The molecule has 0 aliphatic heterocycles. The number of halogens is 1. The summed E-state index contributed by atoms with van der Waals surface area (Å²) < 4.78 is 31.0. The summed E-state index contributed by atoms with van der Waals surface area (Å²) in [5.41, 5.74) is 1.01. The number of amides is 1. The number of rotatable bonds is 7. The minimum atomic E-state index is -3.50. The Morgan fingerprint density at radius 1 is 1.29 bits per heavy atom. The minimum Gasteiger partial charge on any atom is -0.467 e. The number of hydrogen-bond donors (Lipinski definition) is 1. The van der Waals surface area contributed by atoms with Crippen molar-refractivity contribution in [2.24, 2.45) is 0 Å². The van der Waals surface area contributed by atoms with Crippen molar-refractivity contribution in [2.75, 3.05) is 19.9 Å². The lowest BCUT2D eigenvalue weighted by Gasteiger charge is -2.14. The van der Waals surface area contributed by atoms with Crippen molar-refractivity contribution >= 4 is 33.1 Å². The van der Waals surface area contributed by atoms with Gasteiger partial charge in [0.05, 0.1) is 16.1 Å². The molecule has 0 unspecified atom stereocenters. The van der Waals surface area contributed by atoms with E-state index in [2.05, 4.69) is 10.4 Å². The highest BCUT2D eigenvalue weighted by Gasteiger charge is 2.26. The Bertz CT molecular complexity index is 1040. The number of nitrogens with one attached hydrogen (secondary N) is 1. The third-order valence-corrected chi connectivity index (χ3v) is 6.05. The number of aryl methyl sites for hydroxylation is 2. The van der Waals surface area contributed by atoms with Gasteiger partial charge >= 0.3 is 0 Å². The smallest absolute Gasteiger partial charge is 0.257 e. The molecule has 2 aromatic rings. The first-order valence-electron chi connectivity index (χ1n) is 8.46. The molecule has 1 aromatic carbocycles. The lowest BCUT2D eigenvalue weighted by atomic mass is 10.0. The van der Waals surface area contributed by atoms with Gasteiger partial charge in [0.15, 0.2) is 16.4 Å². The second-order valence-electron chi connectivity index (χ2n) is 6.25. The number of aromatic nitrogens is 2. The molecule has 1 amide bonds. The van der Waals surface area contributed by atoms with Crippen molar-refractivity contribution in [2.45, 2.75) is 32.2 Å². The van der Waals surface area contributed by atoms with E-state index in [9.17, 15) is 18.0 Å². The lowest BCUT2D eigenvalue weighted by Crippen LogP contribution is -2.26. The number of carbonyl (C=O) groups excluding carboxylic acids is 2. The van der Waals surface area contributed by atoms with E-state index in [1.165, 1.54) is 24.0 Å². The largest absolute Gasteiger partial charge is 0.467 e. The van der Waals surface area contributed by atoms with Crippen molar-refractivity contribution in [3.63, 3.8) is 0 Å². The van der Waals surface area contributed by atoms with Gasteiger partial charge in [-0.2, -0.15) is 5.10 Å². The molecule has 0 bridgehead atoms. The third-order valence-electron chi connectivity index (χ3n) is 4.19. The fourth-order valence-corrected chi connectivity index (χ4v) is 4.53. The van der Waals surface area contributed by atoms with Crippen LogP contribution in [0, 0.1) is 13.8 Å². The molecule has 0 aliphatic rings. The zero-order chi connectivity index (χ0) is 21.2. The van der Waals surface area contributed by atoms with E-state index >= 15 is 0 Å². The van der Waals surface area contributed by atoms with Crippen LogP contribution in [0.25, 0.3) is 0 Å². The summed E-state index contributed by atoms with van der Waals surface area (Å²) in [4.78, 5) is 24.7. The molecule has 8 nitrogen and oxygen atoms in total. The SMILES string of the molecule is CCn1ncc(C(=O)c2cc(C)c(S(C)(=O)=O)c(C)c2Cl)c1OCC(=O)NC. The summed E-state index contributed by atoms with van der Waals surface area (Å²) in [5.74, 6) is -0.679. The second kappa shape index (κ2) is 8.32. The Morgan fingerprint density at radius 2 is 1.93 bits per heavy atom. The maximum absolute atomic E-state index is 13.1. The molecular weight excluding hydrogens is 406 g/mol. The molecule has 0 saturated carbocycles. The van der Waals surface area contributed by atoms with Crippen LogP contribution in [0.2, 0.25) is 5.02 Å². The fourth-order valence-electron chi connectivity index (χ4n) is 2.94. The maximum Gasteiger partial charge on any atom is 0.257 e. The number of nitrogens with zero attached hydrogens (tertiary/aromatic N) is 2. The predicted molar refractivity (Wildman–Crippen MR) is 105 cm³/mol. The molecule has 0 atom stereocenters. The van der Waals surface area contributed by atoms with Crippen LogP contribution in [0.15, 0.2) is 17.2 Å². The van der Waals surface area contributed by atoms with E-state index in [1.807, 2.05) is 6.92 Å². The Hall–Kier alpha value is -2.39. The summed E-state index contributed by atoms with van der Waals surface area (Å²) in [6, 6.07) is 1.44. The number of hydrogen-bond acceptors (Lipinski definition) is 6. The van der Waals surface area contributed by atoms with E-state index in [0.29, 0.717) is 17.7 Å². The first-order valence-corrected chi connectivity index (χ1v) is 10.7. The average Bonchev–Trinajstić information content (AvgIpc) is 3.03. The average molecular weight is 428 g/mol. The summed E-state index contributed by atoms with van der Waals surface area (Å²) in [7, 11) is -2.03. The third kappa shape index (κ3) is 4.20. The number of carbonyl (C=O) groups is 2. The maximum atomic E-state index is 13.1. The molecule has 28 heavy (non-hydrogen) atoms. The highest BCUT2D eigenvalue weighted by Crippen LogP contribution is 2.33. The zero-order valence-electron chi connectivity index (χ0n) is 16.3. The van der Waals surface area contributed by atoms with Crippen LogP contribution in [0.1, 0.15) is 34.0 Å². The summed E-state index contributed by atoms with van der Waals surface area (Å²) in [6.45, 7) is 5.13. The van der Waals surface area contributed by atoms with Gasteiger partial charge in [0.2, 0.25) is 11.7 Å². The van der Waals surface area contributed by atoms with Gasteiger partial charge in [-0.25, -0.2) is 13.1 Å². The van der Waals surface area contributed by atoms with Crippen molar-refractivity contribution in [3.8, 4) is 5.88 Å². The first kappa shape index (κ1) is 21.9. The van der Waals surface area contributed by atoms with Crippen LogP contribution in [0.5, 0.6) is 5.88 Å². The second-order valence-corrected chi connectivity index (χ2v) is 8.58. The molecule has 0 saturated heterocycles. The number of sulfone groups is 1. The normalized spacial score (nSPS) is 11.4. The molecule has 0 spiro atoms. The van der Waals surface area contributed by atoms with Crippen molar-refractivity contribution in [1.29, 1.82) is 0 Å². The van der Waals surface area contributed by atoms with Crippen LogP contribution >= 0.6 is 11.6 Å². The zero-order valence-corrected chi connectivity index (χ0v) is 17.9. The fraction of sp³-hybridized carbons (Fsp3) is 0.389. The van der Waals surface area contributed by atoms with Crippen molar-refractivity contribution in [3.05, 3.63) is 39.5 Å². The van der Waals surface area contributed by atoms with Crippen LogP contribution in [-0.2, 0) is 21.2 Å². The van der Waals surface area contributed by atoms with Gasteiger partial charge in [0.1, 0.15) is 5.56 Å². The van der Waals surface area contributed by atoms with Crippen LogP contribution in [-0.4, -0.2) is 49.8 Å². The van der Waals surface area contributed by atoms with E-state index in [4.69, 9.17) is 16.3 Å². The van der Waals surface area contributed by atoms with Gasteiger partial charge in [0, 0.05) is 25.4 Å². The molecule has 152 valence electrons. The molecule has 2 rings (SSSR count). The molecule has 0 fully saturated rings. The van der Waals surface area contributed by atoms with E-state index in [1.54, 1.807) is 13.8 Å². The van der Waals surface area contributed by atoms with Crippen LogP contribution in [0.4, 0.5) is 0 Å². The lowest BCUT2D eigenvalue weighted by molar-refractivity contribution is -0.122. The van der Waals surface area contributed by atoms with Gasteiger partial charge in [0.25, 0.3) is 5.91 Å². The standard InChI is InChI=1S/C18H22ClN3O5S/c1-6-22-18(27-9-14(23)20-4)13(8-21-22)16(24)12-7-10(2)17(28(5,25)26)11(3)15(12)19/h7-8H,6,9H2,1-5H3,(H,20,23). The summed E-state index contributed by atoms with van der Waals surface area (Å²) in [5, 5.41) is 6.60. The van der Waals surface area contributed by atoms with E-state index in [-0.39, 0.29) is 39.4 Å². The van der Waals surface area contributed by atoms with E-state index < -0.39 is 15.6 Å². The van der Waals surface area contributed by atoms with Crippen molar-refractivity contribution < 1.29 is 22.7 Å². The van der Waals surface area contributed by atoms with Gasteiger partial charge in [-0.05, 0) is 38.0 Å². The highest BCUT2D eigenvalue weighted by molar-refractivity contribution is 7.90.